The van der Waals surface area contributed by atoms with Crippen LogP contribution in [0.2, 0.25) is 0 Å². The molecule has 0 spiro atoms. The number of hydrogen-bond acceptors (Lipinski definition) is 2. The van der Waals surface area contributed by atoms with Gasteiger partial charge < -0.3 is 4.74 Å². The van der Waals surface area contributed by atoms with Gasteiger partial charge in [-0.05, 0) is 62.7 Å². The fourth-order valence-corrected chi connectivity index (χ4v) is 5.03. The van der Waals surface area contributed by atoms with Gasteiger partial charge in [0.15, 0.2) is 0 Å². The third-order valence-corrected chi connectivity index (χ3v) is 4.96. The highest BCUT2D eigenvalue weighted by Gasteiger charge is 2.57. The second-order valence-electron chi connectivity index (χ2n) is 7.12. The number of esters is 1. The highest BCUT2D eigenvalue weighted by molar-refractivity contribution is 5.87. The Morgan fingerprint density at radius 3 is 2.29 bits per heavy atom. The van der Waals surface area contributed by atoms with E-state index < -0.39 is 0 Å². The van der Waals surface area contributed by atoms with Crippen LogP contribution in [0.4, 0.5) is 0 Å². The minimum Gasteiger partial charge on any atom is -0.456 e. The summed E-state index contributed by atoms with van der Waals surface area (Å²) < 4.78 is 5.84. The van der Waals surface area contributed by atoms with E-state index in [1.54, 1.807) is 6.92 Å². The highest BCUT2D eigenvalue weighted by Crippen LogP contribution is 2.62. The summed E-state index contributed by atoms with van der Waals surface area (Å²) in [7, 11) is 0. The van der Waals surface area contributed by atoms with Gasteiger partial charge >= 0.3 is 5.97 Å². The molecule has 2 unspecified atom stereocenters. The van der Waals surface area contributed by atoms with Crippen molar-refractivity contribution in [1.29, 1.82) is 0 Å². The molecular weight excluding hydrogens is 212 g/mol. The molecule has 2 heteroatoms. The van der Waals surface area contributed by atoms with Gasteiger partial charge in [0.05, 0.1) is 0 Å². The summed E-state index contributed by atoms with van der Waals surface area (Å²) in [5.74, 6) is 1.40. The summed E-state index contributed by atoms with van der Waals surface area (Å²) in [6, 6.07) is 0. The van der Waals surface area contributed by atoms with Crippen LogP contribution in [-0.4, -0.2) is 11.6 Å². The summed E-state index contributed by atoms with van der Waals surface area (Å²) in [5, 5.41) is 0. The quantitative estimate of drug-likeness (QED) is 0.540. The summed E-state index contributed by atoms with van der Waals surface area (Å²) in [4.78, 5) is 11.8. The van der Waals surface area contributed by atoms with E-state index in [0.717, 1.165) is 31.1 Å². The Kier molecular flexibility index (Phi) is 2.24. The van der Waals surface area contributed by atoms with Crippen molar-refractivity contribution >= 4 is 5.97 Å². The molecule has 2 nitrogen and oxygen atoms in total. The number of ether oxygens (including phenoxy) is 1. The molecule has 94 valence electrons. The third kappa shape index (κ3) is 1.82. The maximum absolute atomic E-state index is 11.8. The predicted molar refractivity (Wildman–Crippen MR) is 66.4 cm³/mol. The molecule has 4 rings (SSSR count). The van der Waals surface area contributed by atoms with Crippen LogP contribution in [0.1, 0.15) is 52.4 Å². The normalized spacial score (nSPS) is 46.9. The molecule has 0 saturated heterocycles. The summed E-state index contributed by atoms with van der Waals surface area (Å²) >= 11 is 0. The first-order valence-electron chi connectivity index (χ1n) is 6.79. The zero-order valence-corrected chi connectivity index (χ0v) is 10.9. The highest BCUT2D eigenvalue weighted by atomic mass is 16.6. The monoisotopic (exact) mass is 234 g/mol. The molecule has 0 aromatic carbocycles. The van der Waals surface area contributed by atoms with Crippen molar-refractivity contribution < 1.29 is 9.53 Å². The average molecular weight is 234 g/mol. The molecule has 0 aromatic rings. The van der Waals surface area contributed by atoms with E-state index in [4.69, 9.17) is 4.74 Å². The number of rotatable bonds is 2. The number of carbonyl (C=O) groups is 1. The lowest BCUT2D eigenvalue weighted by molar-refractivity contribution is -0.195. The molecule has 2 atom stereocenters. The van der Waals surface area contributed by atoms with Gasteiger partial charge in [0.1, 0.15) is 5.60 Å². The first-order valence-corrected chi connectivity index (χ1v) is 6.79. The molecule has 0 aliphatic heterocycles. The molecular formula is C15H22O2. The van der Waals surface area contributed by atoms with Gasteiger partial charge in [0.25, 0.3) is 0 Å². The fraction of sp³-hybridized carbons (Fsp3) is 0.800. The van der Waals surface area contributed by atoms with Crippen LogP contribution in [0, 0.1) is 17.3 Å². The van der Waals surface area contributed by atoms with Crippen LogP contribution < -0.4 is 0 Å². The molecule has 4 bridgehead atoms. The van der Waals surface area contributed by atoms with Crippen LogP contribution in [0.15, 0.2) is 12.2 Å². The van der Waals surface area contributed by atoms with E-state index in [0.29, 0.717) is 11.0 Å². The summed E-state index contributed by atoms with van der Waals surface area (Å²) in [6.45, 7) is 7.82. The summed E-state index contributed by atoms with van der Waals surface area (Å²) in [6.07, 6.45) is 7.32. The largest absolute Gasteiger partial charge is 0.456 e. The Hall–Kier alpha value is -0.790. The van der Waals surface area contributed by atoms with Crippen molar-refractivity contribution in [2.45, 2.75) is 58.0 Å². The zero-order valence-electron chi connectivity index (χ0n) is 10.9. The van der Waals surface area contributed by atoms with Crippen molar-refractivity contribution in [1.82, 2.24) is 0 Å². The molecule has 17 heavy (non-hydrogen) atoms. The maximum Gasteiger partial charge on any atom is 0.333 e. The van der Waals surface area contributed by atoms with Crippen LogP contribution >= 0.6 is 0 Å². The van der Waals surface area contributed by atoms with Gasteiger partial charge in [-0.15, -0.1) is 0 Å². The van der Waals surface area contributed by atoms with Crippen molar-refractivity contribution in [3.05, 3.63) is 12.2 Å². The van der Waals surface area contributed by atoms with E-state index in [9.17, 15) is 4.79 Å². The molecule has 4 saturated carbocycles. The predicted octanol–water partition coefficient (Wildman–Crippen LogP) is 3.46. The first-order chi connectivity index (χ1) is 7.90. The Balaban J connectivity index is 1.83. The zero-order chi connectivity index (χ0) is 12.3. The Labute approximate surface area is 103 Å². The van der Waals surface area contributed by atoms with Gasteiger partial charge in [-0.3, -0.25) is 0 Å². The van der Waals surface area contributed by atoms with Crippen LogP contribution in [0.3, 0.4) is 0 Å². The molecule has 4 fully saturated rings. The molecule has 4 aliphatic carbocycles. The fourth-order valence-electron chi connectivity index (χ4n) is 5.03. The Morgan fingerprint density at radius 2 is 1.82 bits per heavy atom. The van der Waals surface area contributed by atoms with Crippen molar-refractivity contribution in [3.63, 3.8) is 0 Å². The number of carbonyl (C=O) groups excluding carboxylic acids is 1. The lowest BCUT2D eigenvalue weighted by Gasteiger charge is -2.60. The second kappa shape index (κ2) is 3.37. The van der Waals surface area contributed by atoms with Gasteiger partial charge in [-0.25, -0.2) is 4.79 Å². The van der Waals surface area contributed by atoms with Crippen LogP contribution in [-0.2, 0) is 9.53 Å². The van der Waals surface area contributed by atoms with Crippen LogP contribution in [0.25, 0.3) is 0 Å². The molecule has 0 N–H and O–H groups in total. The van der Waals surface area contributed by atoms with E-state index in [1.165, 1.54) is 19.3 Å². The summed E-state index contributed by atoms with van der Waals surface area (Å²) in [5.41, 5.74) is 0.819. The van der Waals surface area contributed by atoms with Gasteiger partial charge in [-0.1, -0.05) is 13.5 Å². The van der Waals surface area contributed by atoms with E-state index >= 15 is 0 Å². The minimum absolute atomic E-state index is 0.144. The van der Waals surface area contributed by atoms with E-state index in [1.807, 2.05) is 0 Å². The third-order valence-electron chi connectivity index (χ3n) is 4.96. The van der Waals surface area contributed by atoms with Crippen molar-refractivity contribution in [2.75, 3.05) is 0 Å². The van der Waals surface area contributed by atoms with Gasteiger partial charge in [-0.2, -0.15) is 0 Å². The first kappa shape index (κ1) is 11.3. The Morgan fingerprint density at radius 1 is 1.24 bits per heavy atom. The lowest BCUT2D eigenvalue weighted by atomic mass is 9.48. The molecule has 4 aliphatic rings. The SMILES string of the molecule is C=C(C)C(=O)OC12CC3CC(CC(C)(C3)C1)C2. The maximum atomic E-state index is 11.8. The van der Waals surface area contributed by atoms with E-state index in [2.05, 4.69) is 13.5 Å². The molecule has 0 aromatic heterocycles. The number of hydrogen-bond donors (Lipinski definition) is 0. The van der Waals surface area contributed by atoms with Crippen molar-refractivity contribution in [3.8, 4) is 0 Å². The minimum atomic E-state index is -0.185. The molecule has 0 heterocycles. The standard InChI is InChI=1S/C15H22O2/c1-10(2)13(16)17-15-7-11-4-12(8-15)6-14(3,5-11)9-15/h11-12H,1,4-9H2,2-3H3. The average Bonchev–Trinajstić information content (AvgIpc) is 2.11. The van der Waals surface area contributed by atoms with Crippen LogP contribution in [0.5, 0.6) is 0 Å². The Bertz CT molecular complexity index is 368. The van der Waals surface area contributed by atoms with Gasteiger partial charge in [0, 0.05) is 5.57 Å². The topological polar surface area (TPSA) is 26.3 Å². The smallest absolute Gasteiger partial charge is 0.333 e. The van der Waals surface area contributed by atoms with Crippen molar-refractivity contribution in [2.24, 2.45) is 17.3 Å². The lowest BCUT2D eigenvalue weighted by Crippen LogP contribution is -2.56. The van der Waals surface area contributed by atoms with E-state index in [-0.39, 0.29) is 11.6 Å². The molecule has 0 radical (unpaired) electrons. The molecule has 0 amide bonds. The second-order valence-corrected chi connectivity index (χ2v) is 7.12. The van der Waals surface area contributed by atoms with Gasteiger partial charge in [0.2, 0.25) is 0 Å².